The van der Waals surface area contributed by atoms with Gasteiger partial charge in [-0.15, -0.1) is 10.2 Å². The molecule has 0 unspecified atom stereocenters. The molecule has 1 aliphatic heterocycles. The molecular weight excluding hydrogens is 284 g/mol. The van der Waals surface area contributed by atoms with Gasteiger partial charge in [-0.1, -0.05) is 0 Å². The minimum Gasteiger partial charge on any atom is -0.454 e. The highest BCUT2D eigenvalue weighted by molar-refractivity contribution is 6.04. The van der Waals surface area contributed by atoms with Crippen molar-refractivity contribution in [1.82, 2.24) is 10.2 Å². The zero-order valence-electron chi connectivity index (χ0n) is 11.7. The van der Waals surface area contributed by atoms with Gasteiger partial charge in [-0.3, -0.25) is 4.79 Å². The molecular formula is C15H14N4O3. The Morgan fingerprint density at radius 3 is 2.59 bits per heavy atom. The molecule has 1 aliphatic carbocycles. The number of aromatic nitrogens is 2. The summed E-state index contributed by atoms with van der Waals surface area (Å²) in [6.45, 7) is 0.182. The van der Waals surface area contributed by atoms with E-state index in [2.05, 4.69) is 20.8 Å². The Hall–Kier alpha value is -2.83. The van der Waals surface area contributed by atoms with Gasteiger partial charge >= 0.3 is 0 Å². The van der Waals surface area contributed by atoms with Crippen molar-refractivity contribution in [1.29, 1.82) is 0 Å². The average molecular weight is 298 g/mol. The molecule has 22 heavy (non-hydrogen) atoms. The molecule has 2 heterocycles. The van der Waals surface area contributed by atoms with Crippen molar-refractivity contribution in [3.63, 3.8) is 0 Å². The molecule has 0 atom stereocenters. The van der Waals surface area contributed by atoms with Crippen LogP contribution < -0.4 is 20.1 Å². The van der Waals surface area contributed by atoms with E-state index in [-0.39, 0.29) is 12.7 Å². The Labute approximate surface area is 126 Å². The Morgan fingerprint density at radius 1 is 1.05 bits per heavy atom. The molecule has 0 spiro atoms. The average Bonchev–Trinajstić information content (AvgIpc) is 3.22. The highest BCUT2D eigenvalue weighted by Gasteiger charge is 2.21. The summed E-state index contributed by atoms with van der Waals surface area (Å²) in [6.07, 6.45) is 2.34. The number of hydrogen-bond donors (Lipinski definition) is 2. The van der Waals surface area contributed by atoms with E-state index in [0.717, 1.165) is 5.82 Å². The van der Waals surface area contributed by atoms with E-state index in [4.69, 9.17) is 9.47 Å². The number of fused-ring (bicyclic) bond motifs is 1. The van der Waals surface area contributed by atoms with Crippen LogP contribution in [-0.2, 0) is 0 Å². The van der Waals surface area contributed by atoms with Crippen LogP contribution in [0.5, 0.6) is 11.5 Å². The molecule has 1 aromatic heterocycles. The highest BCUT2D eigenvalue weighted by Crippen LogP contribution is 2.32. The predicted molar refractivity (Wildman–Crippen MR) is 79.2 cm³/mol. The lowest BCUT2D eigenvalue weighted by Crippen LogP contribution is -2.14. The maximum atomic E-state index is 12.2. The summed E-state index contributed by atoms with van der Waals surface area (Å²) in [6, 6.07) is 9.09. The van der Waals surface area contributed by atoms with Crippen molar-refractivity contribution in [2.75, 3.05) is 17.4 Å². The third kappa shape index (κ3) is 2.65. The molecule has 2 aromatic rings. The summed E-state index contributed by atoms with van der Waals surface area (Å²) < 4.78 is 10.5. The lowest BCUT2D eigenvalue weighted by Gasteiger charge is -2.06. The Balaban J connectivity index is 1.44. The van der Waals surface area contributed by atoms with E-state index < -0.39 is 0 Å². The number of ether oxygens (including phenoxy) is 2. The van der Waals surface area contributed by atoms with E-state index in [0.29, 0.717) is 28.9 Å². The summed E-state index contributed by atoms with van der Waals surface area (Å²) in [5, 5.41) is 14.0. The molecule has 1 saturated carbocycles. The maximum absolute atomic E-state index is 12.2. The van der Waals surface area contributed by atoms with Gasteiger partial charge in [0.25, 0.3) is 5.91 Å². The summed E-state index contributed by atoms with van der Waals surface area (Å²) >= 11 is 0. The van der Waals surface area contributed by atoms with E-state index in [1.165, 1.54) is 12.8 Å². The summed E-state index contributed by atoms with van der Waals surface area (Å²) in [4.78, 5) is 12.2. The van der Waals surface area contributed by atoms with Gasteiger partial charge in [-0.05, 0) is 43.2 Å². The van der Waals surface area contributed by atoms with Crippen molar-refractivity contribution in [2.24, 2.45) is 0 Å². The molecule has 112 valence electrons. The van der Waals surface area contributed by atoms with Crippen LogP contribution in [0, 0.1) is 0 Å². The molecule has 2 N–H and O–H groups in total. The van der Waals surface area contributed by atoms with Gasteiger partial charge in [0, 0.05) is 11.6 Å². The number of rotatable bonds is 4. The first-order valence-corrected chi connectivity index (χ1v) is 7.09. The van der Waals surface area contributed by atoms with Gasteiger partial charge in [0.2, 0.25) is 6.79 Å². The van der Waals surface area contributed by atoms with Crippen LogP contribution in [0.15, 0.2) is 30.3 Å². The Kier molecular flexibility index (Phi) is 3.03. The molecule has 7 nitrogen and oxygen atoms in total. The fraction of sp³-hybridized carbons (Fsp3) is 0.267. The number of carbonyl (C=O) groups excluding carboxylic acids is 1. The molecule has 0 radical (unpaired) electrons. The van der Waals surface area contributed by atoms with Crippen molar-refractivity contribution in [2.45, 2.75) is 18.9 Å². The summed E-state index contributed by atoms with van der Waals surface area (Å²) in [5.41, 5.74) is 0.478. The van der Waals surface area contributed by atoms with Crippen LogP contribution in [0.25, 0.3) is 0 Å². The van der Waals surface area contributed by atoms with E-state index in [1.807, 2.05) is 0 Å². The van der Waals surface area contributed by atoms with Gasteiger partial charge in [0.05, 0.1) is 0 Å². The fourth-order valence-electron chi connectivity index (χ4n) is 2.14. The Bertz CT molecular complexity index is 713. The minimum absolute atomic E-state index is 0.182. The first-order valence-electron chi connectivity index (χ1n) is 7.09. The summed E-state index contributed by atoms with van der Waals surface area (Å²) in [7, 11) is 0. The number of benzene rings is 1. The first-order chi connectivity index (χ1) is 10.8. The van der Waals surface area contributed by atoms with Crippen LogP contribution in [0.4, 0.5) is 11.6 Å². The van der Waals surface area contributed by atoms with Gasteiger partial charge in [-0.2, -0.15) is 0 Å². The van der Waals surface area contributed by atoms with Crippen LogP contribution in [0.2, 0.25) is 0 Å². The second-order valence-corrected chi connectivity index (χ2v) is 5.24. The SMILES string of the molecule is O=C(Nc1ccc(NC2CC2)nn1)c1ccc2c(c1)OCO2. The van der Waals surface area contributed by atoms with Crippen molar-refractivity contribution < 1.29 is 14.3 Å². The normalized spacial score (nSPS) is 15.5. The second kappa shape index (κ2) is 5.18. The third-order valence-electron chi connectivity index (χ3n) is 3.47. The molecule has 2 aliphatic rings. The predicted octanol–water partition coefficient (Wildman–Crippen LogP) is 2.03. The molecule has 1 fully saturated rings. The topological polar surface area (TPSA) is 85.4 Å². The molecule has 4 rings (SSSR count). The van der Waals surface area contributed by atoms with E-state index in [1.54, 1.807) is 30.3 Å². The lowest BCUT2D eigenvalue weighted by molar-refractivity contribution is 0.102. The summed E-state index contributed by atoms with van der Waals surface area (Å²) in [5.74, 6) is 2.08. The number of nitrogens with zero attached hydrogens (tertiary/aromatic N) is 2. The molecule has 0 saturated heterocycles. The largest absolute Gasteiger partial charge is 0.454 e. The van der Waals surface area contributed by atoms with Crippen molar-refractivity contribution >= 4 is 17.5 Å². The molecule has 0 bridgehead atoms. The zero-order valence-corrected chi connectivity index (χ0v) is 11.7. The number of anilines is 2. The van der Waals surface area contributed by atoms with E-state index in [9.17, 15) is 4.79 Å². The molecule has 1 amide bonds. The fourth-order valence-corrected chi connectivity index (χ4v) is 2.14. The van der Waals surface area contributed by atoms with E-state index >= 15 is 0 Å². The number of amides is 1. The standard InChI is InChI=1S/C15H14N4O3/c20-15(9-1-4-11-12(7-9)22-8-21-11)17-14-6-5-13(18-19-14)16-10-2-3-10/h1,4-7,10H,2-3,8H2,(H,16,18)(H,17,19,20). The highest BCUT2D eigenvalue weighted by atomic mass is 16.7. The van der Waals surface area contributed by atoms with Gasteiger partial charge in [0.15, 0.2) is 17.3 Å². The monoisotopic (exact) mass is 298 g/mol. The minimum atomic E-state index is -0.268. The maximum Gasteiger partial charge on any atom is 0.257 e. The second-order valence-electron chi connectivity index (χ2n) is 5.24. The van der Waals surface area contributed by atoms with Gasteiger partial charge < -0.3 is 20.1 Å². The van der Waals surface area contributed by atoms with Crippen LogP contribution in [0.3, 0.4) is 0 Å². The number of nitrogens with one attached hydrogen (secondary N) is 2. The quantitative estimate of drug-likeness (QED) is 0.898. The van der Waals surface area contributed by atoms with Crippen LogP contribution in [-0.4, -0.2) is 28.9 Å². The Morgan fingerprint density at radius 2 is 1.82 bits per heavy atom. The first kappa shape index (κ1) is 12.9. The number of carbonyl (C=O) groups is 1. The smallest absolute Gasteiger partial charge is 0.257 e. The zero-order chi connectivity index (χ0) is 14.9. The van der Waals surface area contributed by atoms with Gasteiger partial charge in [-0.25, -0.2) is 0 Å². The van der Waals surface area contributed by atoms with Crippen molar-refractivity contribution in [3.05, 3.63) is 35.9 Å². The lowest BCUT2D eigenvalue weighted by atomic mass is 10.2. The molecule has 7 heteroatoms. The molecule has 1 aromatic carbocycles. The number of hydrogen-bond acceptors (Lipinski definition) is 6. The van der Waals surface area contributed by atoms with Crippen molar-refractivity contribution in [3.8, 4) is 11.5 Å². The van der Waals surface area contributed by atoms with Crippen LogP contribution >= 0.6 is 0 Å². The van der Waals surface area contributed by atoms with Gasteiger partial charge in [0.1, 0.15) is 5.82 Å². The third-order valence-corrected chi connectivity index (χ3v) is 3.47. The van der Waals surface area contributed by atoms with Crippen LogP contribution in [0.1, 0.15) is 23.2 Å².